The Kier molecular flexibility index (Phi) is 5.00. The first kappa shape index (κ1) is 19.6. The zero-order chi connectivity index (χ0) is 21.3. The average Bonchev–Trinajstić information content (AvgIpc) is 3.58. The summed E-state index contributed by atoms with van der Waals surface area (Å²) >= 11 is 0. The van der Waals surface area contributed by atoms with Crippen LogP contribution in [0.2, 0.25) is 0 Å². The Morgan fingerprint density at radius 3 is 2.47 bits per heavy atom. The number of hydrogen-bond acceptors (Lipinski definition) is 4. The van der Waals surface area contributed by atoms with E-state index in [0.717, 1.165) is 23.3 Å². The van der Waals surface area contributed by atoms with Gasteiger partial charge < -0.3 is 10.6 Å². The molecular weight excluding hydrogens is 380 g/mol. The Morgan fingerprint density at radius 2 is 1.87 bits per heavy atom. The third-order valence-electron chi connectivity index (χ3n) is 5.74. The standard InChI is InChI=1S/C23H22N4O3/c1-23(18-11-7-15(13-24)8-12-18)21(29)27(22(30)26-23)14-19(28)25-20(17-9-10-17)16-5-3-2-4-6-16/h2-8,11-12,17,20H,9-10,14H2,1H3,(H,25,28)(H,26,30). The van der Waals surface area contributed by atoms with Crippen LogP contribution in [0, 0.1) is 17.2 Å². The third kappa shape index (κ3) is 3.64. The van der Waals surface area contributed by atoms with Crippen LogP contribution in [-0.4, -0.2) is 29.3 Å². The SMILES string of the molecule is CC1(c2ccc(C#N)cc2)NC(=O)N(CC(=O)NC(c2ccccc2)C2CC2)C1=O. The van der Waals surface area contributed by atoms with Crippen molar-refractivity contribution in [3.8, 4) is 6.07 Å². The minimum Gasteiger partial charge on any atom is -0.347 e. The van der Waals surface area contributed by atoms with Crippen LogP contribution in [0.1, 0.15) is 42.5 Å². The lowest BCUT2D eigenvalue weighted by Gasteiger charge is -2.23. The van der Waals surface area contributed by atoms with Gasteiger partial charge in [-0.15, -0.1) is 0 Å². The molecule has 7 heteroatoms. The number of nitrogens with one attached hydrogen (secondary N) is 2. The van der Waals surface area contributed by atoms with E-state index in [-0.39, 0.29) is 18.5 Å². The van der Waals surface area contributed by atoms with Crippen molar-refractivity contribution in [1.82, 2.24) is 15.5 Å². The molecule has 4 rings (SSSR count). The minimum absolute atomic E-state index is 0.121. The highest BCUT2D eigenvalue weighted by molar-refractivity contribution is 6.09. The third-order valence-corrected chi connectivity index (χ3v) is 5.74. The molecule has 4 amide bonds. The molecular formula is C23H22N4O3. The first-order valence-electron chi connectivity index (χ1n) is 9.91. The molecule has 2 unspecified atom stereocenters. The molecule has 2 aromatic rings. The van der Waals surface area contributed by atoms with Crippen LogP contribution in [0.15, 0.2) is 54.6 Å². The number of nitriles is 1. The Hall–Kier alpha value is -3.66. The highest BCUT2D eigenvalue weighted by atomic mass is 16.2. The number of amides is 4. The van der Waals surface area contributed by atoms with Gasteiger partial charge in [0.15, 0.2) is 0 Å². The summed E-state index contributed by atoms with van der Waals surface area (Å²) in [6, 6.07) is 17.5. The van der Waals surface area contributed by atoms with Crippen molar-refractivity contribution in [1.29, 1.82) is 5.26 Å². The second-order valence-electron chi connectivity index (χ2n) is 7.93. The van der Waals surface area contributed by atoms with Crippen molar-refractivity contribution in [3.05, 3.63) is 71.3 Å². The lowest BCUT2D eigenvalue weighted by atomic mass is 9.91. The molecule has 2 aromatic carbocycles. The van der Waals surface area contributed by atoms with Crippen LogP contribution in [0.3, 0.4) is 0 Å². The smallest absolute Gasteiger partial charge is 0.325 e. The maximum absolute atomic E-state index is 13.0. The normalized spacial score (nSPS) is 21.7. The highest BCUT2D eigenvalue weighted by Crippen LogP contribution is 2.41. The molecule has 2 aliphatic rings. The Bertz CT molecular complexity index is 1020. The van der Waals surface area contributed by atoms with Gasteiger partial charge in [-0.25, -0.2) is 4.79 Å². The van der Waals surface area contributed by atoms with E-state index in [1.807, 2.05) is 36.4 Å². The molecule has 0 radical (unpaired) electrons. The summed E-state index contributed by atoms with van der Waals surface area (Å²) in [5.74, 6) is -0.484. The molecule has 30 heavy (non-hydrogen) atoms. The quantitative estimate of drug-likeness (QED) is 0.725. The summed E-state index contributed by atoms with van der Waals surface area (Å²) in [7, 11) is 0. The zero-order valence-corrected chi connectivity index (χ0v) is 16.6. The van der Waals surface area contributed by atoms with Crippen molar-refractivity contribution in [2.75, 3.05) is 6.54 Å². The van der Waals surface area contributed by atoms with E-state index in [4.69, 9.17) is 5.26 Å². The molecule has 0 spiro atoms. The lowest BCUT2D eigenvalue weighted by molar-refractivity contribution is -0.135. The second kappa shape index (κ2) is 7.64. The van der Waals surface area contributed by atoms with Crippen LogP contribution in [-0.2, 0) is 15.1 Å². The number of rotatable bonds is 6. The Labute approximate surface area is 174 Å². The van der Waals surface area contributed by atoms with E-state index in [2.05, 4.69) is 10.6 Å². The molecule has 1 saturated heterocycles. The summed E-state index contributed by atoms with van der Waals surface area (Å²) in [6.45, 7) is 1.26. The molecule has 0 aromatic heterocycles. The van der Waals surface area contributed by atoms with Crippen molar-refractivity contribution in [2.24, 2.45) is 5.92 Å². The molecule has 1 saturated carbocycles. The fraction of sp³-hybridized carbons (Fsp3) is 0.304. The molecule has 0 bridgehead atoms. The number of imide groups is 1. The summed E-state index contributed by atoms with van der Waals surface area (Å²) in [5.41, 5.74) is 0.763. The van der Waals surface area contributed by atoms with E-state index in [1.54, 1.807) is 31.2 Å². The second-order valence-corrected chi connectivity index (χ2v) is 7.93. The van der Waals surface area contributed by atoms with E-state index >= 15 is 0 Å². The van der Waals surface area contributed by atoms with Crippen LogP contribution in [0.25, 0.3) is 0 Å². The maximum atomic E-state index is 13.0. The van der Waals surface area contributed by atoms with Crippen LogP contribution >= 0.6 is 0 Å². The van der Waals surface area contributed by atoms with Gasteiger partial charge in [0.05, 0.1) is 17.7 Å². The molecule has 152 valence electrons. The van der Waals surface area contributed by atoms with Gasteiger partial charge in [0.25, 0.3) is 5.91 Å². The topological polar surface area (TPSA) is 102 Å². The van der Waals surface area contributed by atoms with Gasteiger partial charge >= 0.3 is 6.03 Å². The number of carbonyl (C=O) groups is 3. The molecule has 7 nitrogen and oxygen atoms in total. The monoisotopic (exact) mass is 402 g/mol. The summed E-state index contributed by atoms with van der Waals surface area (Å²) in [6.07, 6.45) is 2.08. The first-order valence-corrected chi connectivity index (χ1v) is 9.91. The van der Waals surface area contributed by atoms with Crippen molar-refractivity contribution >= 4 is 17.8 Å². The van der Waals surface area contributed by atoms with Crippen LogP contribution in [0.4, 0.5) is 4.79 Å². The van der Waals surface area contributed by atoms with Gasteiger partial charge in [-0.1, -0.05) is 42.5 Å². The summed E-state index contributed by atoms with van der Waals surface area (Å²) in [4.78, 5) is 39.2. The molecule has 2 N–H and O–H groups in total. The van der Waals surface area contributed by atoms with Gasteiger partial charge in [-0.05, 0) is 48.9 Å². The van der Waals surface area contributed by atoms with Gasteiger partial charge in [0.1, 0.15) is 12.1 Å². The fourth-order valence-corrected chi connectivity index (χ4v) is 3.84. The predicted molar refractivity (Wildman–Crippen MR) is 109 cm³/mol. The Balaban J connectivity index is 1.47. The number of urea groups is 1. The number of hydrogen-bond donors (Lipinski definition) is 2. The summed E-state index contributed by atoms with van der Waals surface area (Å²) in [5, 5.41) is 14.6. The molecule has 1 heterocycles. The van der Waals surface area contributed by atoms with Crippen LogP contribution < -0.4 is 10.6 Å². The highest BCUT2D eigenvalue weighted by Gasteiger charge is 2.49. The van der Waals surface area contributed by atoms with Gasteiger partial charge in [-0.2, -0.15) is 5.26 Å². The van der Waals surface area contributed by atoms with Gasteiger partial charge in [0.2, 0.25) is 5.91 Å². The van der Waals surface area contributed by atoms with E-state index in [1.165, 1.54) is 0 Å². The van der Waals surface area contributed by atoms with Gasteiger partial charge in [-0.3, -0.25) is 14.5 Å². The van der Waals surface area contributed by atoms with Crippen molar-refractivity contribution < 1.29 is 14.4 Å². The lowest BCUT2D eigenvalue weighted by Crippen LogP contribution is -2.44. The number of carbonyl (C=O) groups excluding carboxylic acids is 3. The summed E-state index contributed by atoms with van der Waals surface area (Å²) < 4.78 is 0. The Morgan fingerprint density at radius 1 is 1.20 bits per heavy atom. The largest absolute Gasteiger partial charge is 0.347 e. The van der Waals surface area contributed by atoms with E-state index < -0.39 is 17.5 Å². The fourth-order valence-electron chi connectivity index (χ4n) is 3.84. The zero-order valence-electron chi connectivity index (χ0n) is 16.6. The van der Waals surface area contributed by atoms with Gasteiger partial charge in [0, 0.05) is 0 Å². The molecule has 1 aliphatic heterocycles. The van der Waals surface area contributed by atoms with Crippen LogP contribution in [0.5, 0.6) is 0 Å². The van der Waals surface area contributed by atoms with E-state index in [0.29, 0.717) is 17.0 Å². The molecule has 2 fully saturated rings. The molecule has 2 atom stereocenters. The predicted octanol–water partition coefficient (Wildman–Crippen LogP) is 2.59. The van der Waals surface area contributed by atoms with E-state index in [9.17, 15) is 14.4 Å². The first-order chi connectivity index (χ1) is 14.4. The number of benzene rings is 2. The number of nitrogens with zero attached hydrogens (tertiary/aromatic N) is 2. The molecule has 1 aliphatic carbocycles. The van der Waals surface area contributed by atoms with Crippen molar-refractivity contribution in [3.63, 3.8) is 0 Å². The average molecular weight is 402 g/mol. The minimum atomic E-state index is -1.28. The van der Waals surface area contributed by atoms with Crippen molar-refractivity contribution in [2.45, 2.75) is 31.3 Å². The maximum Gasteiger partial charge on any atom is 0.325 e.